The van der Waals surface area contributed by atoms with Crippen LogP contribution in [0, 0.1) is 29.1 Å². The number of nitriles is 1. The largest absolute Gasteiger partial charge is 0.366 e. The van der Waals surface area contributed by atoms with Crippen molar-refractivity contribution >= 4 is 11.7 Å². The highest BCUT2D eigenvalue weighted by Gasteiger charge is 2.57. The Labute approximate surface area is 228 Å². The Morgan fingerprint density at radius 1 is 1.03 bits per heavy atom. The lowest BCUT2D eigenvalue weighted by Gasteiger charge is -2.50. The second-order valence-corrected chi connectivity index (χ2v) is 10.9. The van der Waals surface area contributed by atoms with Gasteiger partial charge in [0.05, 0.1) is 17.5 Å². The van der Waals surface area contributed by atoms with Crippen LogP contribution >= 0.6 is 0 Å². The Hall–Kier alpha value is -4.50. The smallest absolute Gasteiger partial charge is 0.248 e. The molecule has 1 heterocycles. The van der Waals surface area contributed by atoms with E-state index >= 15 is 0 Å². The van der Waals surface area contributed by atoms with E-state index in [9.17, 15) is 14.9 Å². The van der Waals surface area contributed by atoms with Gasteiger partial charge in [-0.25, -0.2) is 0 Å². The number of Topliss-reactive ketones (excluding diaryl/α,β-unsaturated/α-hetero) is 1. The topological polar surface area (TPSA) is 102 Å². The molecular weight excluding hydrogens is 484 g/mol. The maximum Gasteiger partial charge on any atom is 0.248 e. The van der Waals surface area contributed by atoms with Gasteiger partial charge in [0.25, 0.3) is 0 Å². The molecule has 6 heteroatoms. The molecule has 6 nitrogen and oxygen atoms in total. The quantitative estimate of drug-likeness (QED) is 0.391. The van der Waals surface area contributed by atoms with Crippen LogP contribution in [0.3, 0.4) is 0 Å². The molecule has 1 unspecified atom stereocenters. The number of benzene rings is 3. The Morgan fingerprint density at radius 2 is 1.74 bits per heavy atom. The third kappa shape index (κ3) is 3.80. The molecule has 6 rings (SSSR count). The minimum Gasteiger partial charge on any atom is -0.366 e. The Balaban J connectivity index is 1.51. The predicted molar refractivity (Wildman–Crippen MR) is 150 cm³/mol. The fourth-order valence-corrected chi connectivity index (χ4v) is 7.10. The van der Waals surface area contributed by atoms with Crippen LogP contribution < -0.4 is 5.73 Å². The zero-order valence-electron chi connectivity index (χ0n) is 22.1. The molecule has 0 radical (unpaired) electrons. The van der Waals surface area contributed by atoms with Crippen LogP contribution in [-0.2, 0) is 23.7 Å². The van der Waals surface area contributed by atoms with E-state index in [1.165, 1.54) is 5.56 Å². The molecular formula is C33H30N4O2. The highest BCUT2D eigenvalue weighted by Crippen LogP contribution is 2.57. The molecule has 4 atom stereocenters. The van der Waals surface area contributed by atoms with Crippen molar-refractivity contribution in [2.75, 3.05) is 0 Å². The minimum atomic E-state index is -0.653. The molecule has 4 aromatic rings. The predicted octanol–water partition coefficient (Wildman–Crippen LogP) is 5.45. The minimum absolute atomic E-state index is 0.0590. The van der Waals surface area contributed by atoms with Gasteiger partial charge in [-0.2, -0.15) is 10.4 Å². The average Bonchev–Trinajstić information content (AvgIpc) is 3.32. The third-order valence-electron chi connectivity index (χ3n) is 8.91. The number of hydrogen-bond donors (Lipinski definition) is 1. The first-order valence-electron chi connectivity index (χ1n) is 13.4. The number of aryl methyl sites for hydroxylation is 1. The highest BCUT2D eigenvalue weighted by molar-refractivity contribution is 5.93. The third-order valence-corrected chi connectivity index (χ3v) is 8.91. The summed E-state index contributed by atoms with van der Waals surface area (Å²) in [6.45, 7) is 2.00. The van der Waals surface area contributed by atoms with Gasteiger partial charge in [-0.3, -0.25) is 14.3 Å². The van der Waals surface area contributed by atoms with Gasteiger partial charge in [0, 0.05) is 35.1 Å². The molecule has 1 aromatic heterocycles. The van der Waals surface area contributed by atoms with Crippen LogP contribution in [0.2, 0.25) is 0 Å². The number of primary amides is 1. The van der Waals surface area contributed by atoms with E-state index in [2.05, 4.69) is 36.4 Å². The summed E-state index contributed by atoms with van der Waals surface area (Å²) in [5.74, 6) is -1.17. The van der Waals surface area contributed by atoms with Crippen molar-refractivity contribution in [2.24, 2.45) is 30.5 Å². The van der Waals surface area contributed by atoms with E-state index in [1.54, 1.807) is 12.1 Å². The summed E-state index contributed by atoms with van der Waals surface area (Å²) in [4.78, 5) is 24.7. The number of rotatable bonds is 4. The number of amides is 1. The van der Waals surface area contributed by atoms with Crippen molar-refractivity contribution in [3.63, 3.8) is 0 Å². The van der Waals surface area contributed by atoms with Gasteiger partial charge in [0.1, 0.15) is 5.92 Å². The Kier molecular flexibility index (Phi) is 5.95. The highest BCUT2D eigenvalue weighted by atomic mass is 16.1. The molecule has 2 N–H and O–H groups in total. The number of aromatic nitrogens is 2. The van der Waals surface area contributed by atoms with Crippen molar-refractivity contribution in [3.8, 4) is 28.5 Å². The molecule has 0 spiro atoms. The first-order valence-corrected chi connectivity index (χ1v) is 13.4. The molecule has 2 aliphatic carbocycles. The van der Waals surface area contributed by atoms with Crippen LogP contribution in [0.4, 0.5) is 0 Å². The van der Waals surface area contributed by atoms with Crippen molar-refractivity contribution in [2.45, 2.75) is 31.6 Å². The van der Waals surface area contributed by atoms with Crippen LogP contribution in [0.15, 0.2) is 78.9 Å². The van der Waals surface area contributed by atoms with E-state index in [1.807, 2.05) is 55.1 Å². The summed E-state index contributed by atoms with van der Waals surface area (Å²) in [5.41, 5.74) is 12.9. The molecule has 0 aliphatic heterocycles. The first-order chi connectivity index (χ1) is 18.8. The van der Waals surface area contributed by atoms with Gasteiger partial charge >= 0.3 is 0 Å². The van der Waals surface area contributed by atoms with Crippen molar-refractivity contribution < 1.29 is 9.59 Å². The number of hydrogen-bond acceptors (Lipinski definition) is 4. The van der Waals surface area contributed by atoms with Gasteiger partial charge in [-0.05, 0) is 60.1 Å². The van der Waals surface area contributed by atoms with Gasteiger partial charge in [-0.1, -0.05) is 67.6 Å². The van der Waals surface area contributed by atoms with Crippen LogP contribution in [0.1, 0.15) is 46.9 Å². The number of ketones is 1. The molecule has 1 fully saturated rings. The summed E-state index contributed by atoms with van der Waals surface area (Å²) in [7, 11) is 1.98. The van der Waals surface area contributed by atoms with Crippen LogP contribution in [-0.4, -0.2) is 21.5 Å². The van der Waals surface area contributed by atoms with Crippen LogP contribution in [0.5, 0.6) is 0 Å². The summed E-state index contributed by atoms with van der Waals surface area (Å²) < 4.78 is 1.97. The fraction of sp³-hybridized carbons (Fsp3) is 0.273. The Bertz CT molecular complexity index is 1630. The molecule has 1 saturated carbocycles. The lowest BCUT2D eigenvalue weighted by Crippen LogP contribution is -2.52. The Morgan fingerprint density at radius 3 is 2.44 bits per heavy atom. The van der Waals surface area contributed by atoms with E-state index < -0.39 is 17.2 Å². The molecule has 1 amide bonds. The standard InChI is InChI=1S/C33H30N4O2/c1-20-28-16-15-27-29(24-8-6-7-23(17-24)21-11-13-22(14-12-21)32(35)39)37(2)36-31(27)33(28,18-25(19-34)30(20)38)26-9-4-3-5-10-26/h3-14,17,20,25,28H,15-16,18H2,1-2H3,(H2,35,39)/t20-,25?,28-,33-/m0/s1. The van der Waals surface area contributed by atoms with Crippen molar-refractivity contribution in [1.82, 2.24) is 9.78 Å². The SMILES string of the molecule is C[C@@H]1C(=O)C(C#N)C[C@@]2(c3ccccc3)c3nn(C)c(-c4cccc(-c5ccc(C(N)=O)cc5)c4)c3CC[C@@H]12. The number of carbonyl (C=O) groups excluding carboxylic acids is 2. The summed E-state index contributed by atoms with van der Waals surface area (Å²) in [5, 5.41) is 15.1. The monoisotopic (exact) mass is 514 g/mol. The van der Waals surface area contributed by atoms with Crippen molar-refractivity contribution in [1.29, 1.82) is 5.26 Å². The second kappa shape index (κ2) is 9.36. The zero-order chi connectivity index (χ0) is 27.3. The lowest BCUT2D eigenvalue weighted by atomic mass is 9.51. The zero-order valence-corrected chi connectivity index (χ0v) is 22.1. The number of nitrogens with two attached hydrogens (primary N) is 1. The van der Waals surface area contributed by atoms with Crippen molar-refractivity contribution in [3.05, 3.63) is 101 Å². The summed E-state index contributed by atoms with van der Waals surface area (Å²) in [6.07, 6.45) is 2.14. The van der Waals surface area contributed by atoms with E-state index in [0.29, 0.717) is 12.0 Å². The van der Waals surface area contributed by atoms with Gasteiger partial charge < -0.3 is 5.73 Å². The van der Waals surface area contributed by atoms with Gasteiger partial charge in [-0.15, -0.1) is 0 Å². The maximum atomic E-state index is 13.1. The van der Waals surface area contributed by atoms with Gasteiger partial charge in [0.15, 0.2) is 5.78 Å². The first kappa shape index (κ1) is 24.8. The molecule has 0 bridgehead atoms. The normalized spacial score (nSPS) is 23.9. The van der Waals surface area contributed by atoms with Crippen LogP contribution in [0.25, 0.3) is 22.4 Å². The van der Waals surface area contributed by atoms with Gasteiger partial charge in [0.2, 0.25) is 5.91 Å². The van der Waals surface area contributed by atoms with E-state index in [0.717, 1.165) is 46.5 Å². The number of nitrogens with zero attached hydrogens (tertiary/aromatic N) is 3. The molecule has 2 aliphatic rings. The average molecular weight is 515 g/mol. The molecule has 39 heavy (non-hydrogen) atoms. The number of carbonyl (C=O) groups is 2. The maximum absolute atomic E-state index is 13.1. The fourth-order valence-electron chi connectivity index (χ4n) is 7.10. The molecule has 194 valence electrons. The second-order valence-electron chi connectivity index (χ2n) is 10.9. The van der Waals surface area contributed by atoms with E-state index in [4.69, 9.17) is 10.8 Å². The molecule has 3 aromatic carbocycles. The number of fused-ring (bicyclic) bond motifs is 3. The summed E-state index contributed by atoms with van der Waals surface area (Å²) >= 11 is 0. The molecule has 0 saturated heterocycles. The lowest BCUT2D eigenvalue weighted by molar-refractivity contribution is -0.131. The van der Waals surface area contributed by atoms with E-state index in [-0.39, 0.29) is 17.6 Å². The summed E-state index contributed by atoms with van der Waals surface area (Å²) in [6, 6.07) is 28.3.